The Labute approximate surface area is 157 Å². The van der Waals surface area contributed by atoms with Crippen LogP contribution < -0.4 is 10.6 Å². The van der Waals surface area contributed by atoms with E-state index in [9.17, 15) is 0 Å². The van der Waals surface area contributed by atoms with Gasteiger partial charge in [-0.2, -0.15) is 5.10 Å². The van der Waals surface area contributed by atoms with Crippen LogP contribution >= 0.6 is 0 Å². The third-order valence-corrected chi connectivity index (χ3v) is 5.99. The highest BCUT2D eigenvalue weighted by molar-refractivity contribution is 5.79. The SMILES string of the molecule is CCNC(=NCc1ccn(C2CCCC2)n1)NCC1(CCOC)CCC1. The zero-order valence-electron chi connectivity index (χ0n) is 16.5. The predicted molar refractivity (Wildman–Crippen MR) is 105 cm³/mol. The maximum Gasteiger partial charge on any atom is 0.191 e. The lowest BCUT2D eigenvalue weighted by molar-refractivity contribution is 0.0732. The van der Waals surface area contributed by atoms with E-state index in [1.165, 1.54) is 44.9 Å². The van der Waals surface area contributed by atoms with Crippen molar-refractivity contribution in [2.45, 2.75) is 70.9 Å². The molecule has 0 spiro atoms. The molecule has 0 aromatic carbocycles. The zero-order valence-corrected chi connectivity index (χ0v) is 16.5. The van der Waals surface area contributed by atoms with Crippen molar-refractivity contribution in [3.05, 3.63) is 18.0 Å². The zero-order chi connectivity index (χ0) is 18.2. The molecule has 0 saturated heterocycles. The number of nitrogens with one attached hydrogen (secondary N) is 2. The van der Waals surface area contributed by atoms with Gasteiger partial charge >= 0.3 is 0 Å². The summed E-state index contributed by atoms with van der Waals surface area (Å²) in [6.45, 7) is 5.41. The molecule has 0 radical (unpaired) electrons. The van der Waals surface area contributed by atoms with Gasteiger partial charge in [0.2, 0.25) is 0 Å². The highest BCUT2D eigenvalue weighted by Crippen LogP contribution is 2.43. The van der Waals surface area contributed by atoms with Crippen LogP contribution in [-0.2, 0) is 11.3 Å². The van der Waals surface area contributed by atoms with Gasteiger partial charge in [0, 0.05) is 33.0 Å². The molecule has 1 aromatic rings. The van der Waals surface area contributed by atoms with Gasteiger partial charge in [0.05, 0.1) is 18.3 Å². The first-order valence-electron chi connectivity index (χ1n) is 10.3. The summed E-state index contributed by atoms with van der Waals surface area (Å²) in [5, 5.41) is 11.7. The number of aromatic nitrogens is 2. The van der Waals surface area contributed by atoms with Gasteiger partial charge in [-0.3, -0.25) is 4.68 Å². The highest BCUT2D eigenvalue weighted by atomic mass is 16.5. The summed E-state index contributed by atoms with van der Waals surface area (Å²) in [5.41, 5.74) is 1.43. The third kappa shape index (κ3) is 5.00. The first kappa shape index (κ1) is 19.2. The summed E-state index contributed by atoms with van der Waals surface area (Å²) < 4.78 is 7.44. The summed E-state index contributed by atoms with van der Waals surface area (Å²) in [7, 11) is 1.79. The van der Waals surface area contributed by atoms with E-state index in [0.29, 0.717) is 18.0 Å². The Bertz CT molecular complexity index is 573. The second-order valence-corrected chi connectivity index (χ2v) is 7.87. The minimum atomic E-state index is 0.385. The molecular formula is C20H35N5O. The fourth-order valence-corrected chi connectivity index (χ4v) is 4.12. The molecule has 2 aliphatic rings. The van der Waals surface area contributed by atoms with Crippen molar-refractivity contribution in [1.82, 2.24) is 20.4 Å². The number of hydrogen-bond donors (Lipinski definition) is 2. The summed E-state index contributed by atoms with van der Waals surface area (Å²) >= 11 is 0. The fourth-order valence-electron chi connectivity index (χ4n) is 4.12. The maximum absolute atomic E-state index is 5.29. The normalized spacial score (nSPS) is 20.2. The van der Waals surface area contributed by atoms with E-state index in [2.05, 4.69) is 34.5 Å². The van der Waals surface area contributed by atoms with Gasteiger partial charge in [-0.15, -0.1) is 0 Å². The maximum atomic E-state index is 5.29. The quantitative estimate of drug-likeness (QED) is 0.523. The van der Waals surface area contributed by atoms with Crippen molar-refractivity contribution in [2.75, 3.05) is 26.8 Å². The first-order chi connectivity index (χ1) is 12.7. The van der Waals surface area contributed by atoms with E-state index in [1.54, 1.807) is 7.11 Å². The number of rotatable bonds is 9. The summed E-state index contributed by atoms with van der Waals surface area (Å²) in [6, 6.07) is 2.70. The number of guanidine groups is 1. The monoisotopic (exact) mass is 361 g/mol. The molecule has 0 aliphatic heterocycles. The molecule has 1 aromatic heterocycles. The Hall–Kier alpha value is -1.56. The molecule has 6 heteroatoms. The molecule has 0 unspecified atom stereocenters. The molecule has 0 amide bonds. The van der Waals surface area contributed by atoms with Gasteiger partial charge in [0.25, 0.3) is 0 Å². The van der Waals surface area contributed by atoms with Crippen LogP contribution in [0.3, 0.4) is 0 Å². The van der Waals surface area contributed by atoms with E-state index in [0.717, 1.165) is 37.8 Å². The Morgan fingerprint density at radius 3 is 2.77 bits per heavy atom. The Balaban J connectivity index is 1.53. The molecule has 146 valence electrons. The average Bonchev–Trinajstić information content (AvgIpc) is 3.29. The number of hydrogen-bond acceptors (Lipinski definition) is 3. The van der Waals surface area contributed by atoms with Crippen molar-refractivity contribution >= 4 is 5.96 Å². The van der Waals surface area contributed by atoms with Crippen LogP contribution in [-0.4, -0.2) is 42.5 Å². The number of ether oxygens (including phenoxy) is 1. The van der Waals surface area contributed by atoms with Crippen molar-refractivity contribution in [3.63, 3.8) is 0 Å². The molecule has 1 heterocycles. The molecule has 2 N–H and O–H groups in total. The van der Waals surface area contributed by atoms with E-state index in [4.69, 9.17) is 14.8 Å². The second-order valence-electron chi connectivity index (χ2n) is 7.87. The smallest absolute Gasteiger partial charge is 0.191 e. The van der Waals surface area contributed by atoms with Crippen molar-refractivity contribution < 1.29 is 4.74 Å². The summed E-state index contributed by atoms with van der Waals surface area (Å²) in [4.78, 5) is 4.75. The number of aliphatic imine (C=N–C) groups is 1. The second kappa shape index (κ2) is 9.40. The lowest BCUT2D eigenvalue weighted by Gasteiger charge is -2.42. The third-order valence-electron chi connectivity index (χ3n) is 5.99. The van der Waals surface area contributed by atoms with Crippen molar-refractivity contribution in [1.29, 1.82) is 0 Å². The highest BCUT2D eigenvalue weighted by Gasteiger charge is 2.36. The Morgan fingerprint density at radius 1 is 1.31 bits per heavy atom. The fraction of sp³-hybridized carbons (Fsp3) is 0.800. The molecule has 0 bridgehead atoms. The van der Waals surface area contributed by atoms with E-state index < -0.39 is 0 Å². The minimum absolute atomic E-state index is 0.385. The van der Waals surface area contributed by atoms with Gasteiger partial charge in [-0.1, -0.05) is 19.3 Å². The lowest BCUT2D eigenvalue weighted by atomic mass is 9.67. The molecule has 2 aliphatic carbocycles. The van der Waals surface area contributed by atoms with E-state index in [1.807, 2.05) is 0 Å². The van der Waals surface area contributed by atoms with Crippen LogP contribution in [0.4, 0.5) is 0 Å². The summed E-state index contributed by atoms with van der Waals surface area (Å²) in [6.07, 6.45) is 12.3. The minimum Gasteiger partial charge on any atom is -0.385 e. The van der Waals surface area contributed by atoms with Crippen LogP contribution in [0.5, 0.6) is 0 Å². The van der Waals surface area contributed by atoms with Crippen LogP contribution in [0.25, 0.3) is 0 Å². The van der Waals surface area contributed by atoms with Crippen LogP contribution in [0.2, 0.25) is 0 Å². The Kier molecular flexibility index (Phi) is 6.94. The van der Waals surface area contributed by atoms with E-state index >= 15 is 0 Å². The van der Waals surface area contributed by atoms with E-state index in [-0.39, 0.29) is 0 Å². The molecule has 26 heavy (non-hydrogen) atoms. The van der Waals surface area contributed by atoms with Crippen LogP contribution in [0, 0.1) is 5.41 Å². The lowest BCUT2D eigenvalue weighted by Crippen LogP contribution is -2.47. The number of methoxy groups -OCH3 is 1. The molecule has 0 atom stereocenters. The molecule has 3 rings (SSSR count). The molecule has 6 nitrogen and oxygen atoms in total. The van der Waals surface area contributed by atoms with Gasteiger partial charge in [0.1, 0.15) is 0 Å². The van der Waals surface area contributed by atoms with Gasteiger partial charge in [-0.25, -0.2) is 4.99 Å². The van der Waals surface area contributed by atoms with Gasteiger partial charge < -0.3 is 15.4 Å². The van der Waals surface area contributed by atoms with Crippen LogP contribution in [0.1, 0.15) is 70.0 Å². The van der Waals surface area contributed by atoms with Gasteiger partial charge in [-0.05, 0) is 50.5 Å². The Morgan fingerprint density at radius 2 is 2.12 bits per heavy atom. The summed E-state index contributed by atoms with van der Waals surface area (Å²) in [5.74, 6) is 0.895. The number of nitrogens with zero attached hydrogens (tertiary/aromatic N) is 3. The largest absolute Gasteiger partial charge is 0.385 e. The predicted octanol–water partition coefficient (Wildman–Crippen LogP) is 3.26. The average molecular weight is 362 g/mol. The van der Waals surface area contributed by atoms with Crippen molar-refractivity contribution in [2.24, 2.45) is 10.4 Å². The van der Waals surface area contributed by atoms with Gasteiger partial charge in [0.15, 0.2) is 5.96 Å². The first-order valence-corrected chi connectivity index (χ1v) is 10.3. The van der Waals surface area contributed by atoms with Crippen LogP contribution in [0.15, 0.2) is 17.3 Å². The standard InChI is InChI=1S/C20H35N5O/c1-3-21-19(23-16-20(10-6-11-20)12-14-26-2)22-15-17-9-13-25(24-17)18-7-4-5-8-18/h9,13,18H,3-8,10-12,14-16H2,1-2H3,(H2,21,22,23). The molecule has 2 saturated carbocycles. The van der Waals surface area contributed by atoms with Crippen molar-refractivity contribution in [3.8, 4) is 0 Å². The molecule has 2 fully saturated rings. The molecular weight excluding hydrogens is 326 g/mol. The topological polar surface area (TPSA) is 63.5 Å².